The van der Waals surface area contributed by atoms with Gasteiger partial charge in [0.2, 0.25) is 0 Å². The Labute approximate surface area is 128 Å². The number of hydrogen-bond donors (Lipinski definition) is 1. The zero-order valence-corrected chi connectivity index (χ0v) is 13.7. The van der Waals surface area contributed by atoms with Gasteiger partial charge in [-0.3, -0.25) is 0 Å². The predicted molar refractivity (Wildman–Crippen MR) is 81.7 cm³/mol. The van der Waals surface area contributed by atoms with Gasteiger partial charge in [0.25, 0.3) is 0 Å². The first-order valence-corrected chi connectivity index (χ1v) is 8.15. The molecule has 20 heavy (non-hydrogen) atoms. The maximum absolute atomic E-state index is 14.3. The van der Waals surface area contributed by atoms with E-state index in [1.165, 1.54) is 31.4 Å². The molecule has 1 aliphatic rings. The van der Waals surface area contributed by atoms with E-state index in [1.54, 1.807) is 0 Å². The molecule has 1 N–H and O–H groups in total. The molecule has 0 bridgehead atoms. The molecule has 0 heterocycles. The van der Waals surface area contributed by atoms with Crippen molar-refractivity contribution in [3.8, 4) is 0 Å². The second kappa shape index (κ2) is 6.52. The van der Waals surface area contributed by atoms with Crippen LogP contribution in [-0.2, 0) is 0 Å². The van der Waals surface area contributed by atoms with Crippen LogP contribution in [0.25, 0.3) is 0 Å². The SMILES string of the molecule is CCNC(c1cc(F)c(Br)cc1F)C1(C)CCCCC1. The molecule has 0 spiro atoms. The summed E-state index contributed by atoms with van der Waals surface area (Å²) in [5, 5.41) is 3.37. The maximum Gasteiger partial charge on any atom is 0.137 e. The molecule has 0 amide bonds. The Kier molecular flexibility index (Phi) is 5.19. The summed E-state index contributed by atoms with van der Waals surface area (Å²) in [4.78, 5) is 0. The molecule has 1 unspecified atom stereocenters. The van der Waals surface area contributed by atoms with Crippen molar-refractivity contribution >= 4 is 15.9 Å². The van der Waals surface area contributed by atoms with Gasteiger partial charge in [-0.15, -0.1) is 0 Å². The molecule has 0 saturated heterocycles. The van der Waals surface area contributed by atoms with E-state index in [2.05, 4.69) is 28.2 Å². The van der Waals surface area contributed by atoms with Crippen molar-refractivity contribution in [2.45, 2.75) is 52.0 Å². The highest BCUT2D eigenvalue weighted by Crippen LogP contribution is 2.46. The number of benzene rings is 1. The zero-order chi connectivity index (χ0) is 14.8. The van der Waals surface area contributed by atoms with Gasteiger partial charge in [0, 0.05) is 11.6 Å². The summed E-state index contributed by atoms with van der Waals surface area (Å²) in [6.07, 6.45) is 5.69. The maximum atomic E-state index is 14.3. The van der Waals surface area contributed by atoms with Crippen LogP contribution in [0, 0.1) is 17.0 Å². The second-order valence-electron chi connectivity index (χ2n) is 5.99. The summed E-state index contributed by atoms with van der Waals surface area (Å²) in [7, 11) is 0. The van der Waals surface area contributed by atoms with Gasteiger partial charge in [-0.25, -0.2) is 8.78 Å². The summed E-state index contributed by atoms with van der Waals surface area (Å²) in [6, 6.07) is 2.45. The molecule has 1 aromatic rings. The molecule has 1 nitrogen and oxygen atoms in total. The summed E-state index contributed by atoms with van der Waals surface area (Å²) >= 11 is 3.04. The summed E-state index contributed by atoms with van der Waals surface area (Å²) in [6.45, 7) is 4.95. The molecular weight excluding hydrogens is 324 g/mol. The molecule has 112 valence electrons. The monoisotopic (exact) mass is 345 g/mol. The third kappa shape index (κ3) is 3.22. The lowest BCUT2D eigenvalue weighted by molar-refractivity contribution is 0.143. The Bertz CT molecular complexity index is 470. The van der Waals surface area contributed by atoms with Crippen molar-refractivity contribution in [2.75, 3.05) is 6.54 Å². The number of hydrogen-bond acceptors (Lipinski definition) is 1. The van der Waals surface area contributed by atoms with Crippen LogP contribution in [0.15, 0.2) is 16.6 Å². The third-order valence-electron chi connectivity index (χ3n) is 4.45. The van der Waals surface area contributed by atoms with E-state index in [4.69, 9.17) is 0 Å². The predicted octanol–water partition coefficient (Wildman–Crippen LogP) is 5.35. The highest BCUT2D eigenvalue weighted by Gasteiger charge is 2.37. The fourth-order valence-electron chi connectivity index (χ4n) is 3.34. The van der Waals surface area contributed by atoms with E-state index >= 15 is 0 Å². The van der Waals surface area contributed by atoms with Gasteiger partial charge in [0.1, 0.15) is 11.6 Å². The zero-order valence-electron chi connectivity index (χ0n) is 12.1. The standard InChI is InChI=1S/C16H22BrF2N/c1-3-20-15(16(2)7-5-4-6-8-16)11-9-14(19)12(17)10-13(11)18/h9-10,15,20H,3-8H2,1-2H3. The molecule has 4 heteroatoms. The summed E-state index contributed by atoms with van der Waals surface area (Å²) in [5.74, 6) is -0.736. The Morgan fingerprint density at radius 3 is 2.45 bits per heavy atom. The lowest BCUT2D eigenvalue weighted by Gasteiger charge is -2.41. The molecule has 0 radical (unpaired) electrons. The van der Waals surface area contributed by atoms with E-state index in [0.717, 1.165) is 19.4 Å². The van der Waals surface area contributed by atoms with Crippen LogP contribution in [0.1, 0.15) is 57.6 Å². The minimum absolute atomic E-state index is 0.00459. The molecule has 1 saturated carbocycles. The smallest absolute Gasteiger partial charge is 0.137 e. The molecule has 1 atom stereocenters. The molecule has 1 fully saturated rings. The fourth-order valence-corrected chi connectivity index (χ4v) is 3.66. The first-order chi connectivity index (χ1) is 9.48. The third-order valence-corrected chi connectivity index (χ3v) is 5.06. The van der Waals surface area contributed by atoms with E-state index in [1.807, 2.05) is 6.92 Å². The van der Waals surface area contributed by atoms with E-state index in [9.17, 15) is 8.78 Å². The van der Waals surface area contributed by atoms with Crippen molar-refractivity contribution < 1.29 is 8.78 Å². The van der Waals surface area contributed by atoms with Crippen LogP contribution in [0.5, 0.6) is 0 Å². The average molecular weight is 346 g/mol. The van der Waals surface area contributed by atoms with Crippen LogP contribution in [0.4, 0.5) is 8.78 Å². The Hall–Kier alpha value is -0.480. The molecular formula is C16H22BrF2N. The molecule has 0 aliphatic heterocycles. The van der Waals surface area contributed by atoms with Crippen LogP contribution < -0.4 is 5.32 Å². The normalized spacial score (nSPS) is 19.9. The van der Waals surface area contributed by atoms with E-state index in [0.29, 0.717) is 5.56 Å². The highest BCUT2D eigenvalue weighted by atomic mass is 79.9. The number of rotatable bonds is 4. The fraction of sp³-hybridized carbons (Fsp3) is 0.625. The van der Waals surface area contributed by atoms with Crippen molar-refractivity contribution in [3.05, 3.63) is 33.8 Å². The lowest BCUT2D eigenvalue weighted by Crippen LogP contribution is -2.38. The van der Waals surface area contributed by atoms with E-state index < -0.39 is 5.82 Å². The molecule has 1 aliphatic carbocycles. The average Bonchev–Trinajstić information content (AvgIpc) is 2.41. The lowest BCUT2D eigenvalue weighted by atomic mass is 9.68. The van der Waals surface area contributed by atoms with Gasteiger partial charge in [-0.2, -0.15) is 0 Å². The van der Waals surface area contributed by atoms with Crippen molar-refractivity contribution in [1.82, 2.24) is 5.32 Å². The summed E-state index contributed by atoms with van der Waals surface area (Å²) < 4.78 is 28.3. The molecule has 2 rings (SSSR count). The first-order valence-electron chi connectivity index (χ1n) is 7.36. The Morgan fingerprint density at radius 2 is 1.85 bits per heavy atom. The summed E-state index contributed by atoms with van der Waals surface area (Å²) in [5.41, 5.74) is 0.451. The van der Waals surface area contributed by atoms with Crippen LogP contribution in [0.2, 0.25) is 0 Å². The van der Waals surface area contributed by atoms with Crippen molar-refractivity contribution in [3.63, 3.8) is 0 Å². The van der Waals surface area contributed by atoms with Crippen molar-refractivity contribution in [1.29, 1.82) is 0 Å². The second-order valence-corrected chi connectivity index (χ2v) is 6.85. The largest absolute Gasteiger partial charge is 0.310 e. The van der Waals surface area contributed by atoms with Crippen LogP contribution >= 0.6 is 15.9 Å². The Morgan fingerprint density at radius 1 is 1.20 bits per heavy atom. The van der Waals surface area contributed by atoms with Gasteiger partial charge in [-0.1, -0.05) is 33.1 Å². The van der Waals surface area contributed by atoms with E-state index in [-0.39, 0.29) is 21.7 Å². The Balaban J connectivity index is 2.40. The minimum atomic E-state index is -0.399. The van der Waals surface area contributed by atoms with Gasteiger partial charge in [-0.05, 0) is 52.9 Å². The minimum Gasteiger partial charge on any atom is -0.310 e. The molecule has 1 aromatic carbocycles. The van der Waals surface area contributed by atoms with Gasteiger partial charge in [0.05, 0.1) is 4.47 Å². The van der Waals surface area contributed by atoms with Gasteiger partial charge >= 0.3 is 0 Å². The molecule has 0 aromatic heterocycles. The number of halogens is 3. The number of nitrogens with one attached hydrogen (secondary N) is 1. The van der Waals surface area contributed by atoms with Gasteiger partial charge in [0.15, 0.2) is 0 Å². The van der Waals surface area contributed by atoms with Gasteiger partial charge < -0.3 is 5.32 Å². The first kappa shape index (κ1) is 15.9. The topological polar surface area (TPSA) is 12.0 Å². The van der Waals surface area contributed by atoms with Crippen molar-refractivity contribution in [2.24, 2.45) is 5.41 Å². The van der Waals surface area contributed by atoms with Crippen LogP contribution in [0.3, 0.4) is 0 Å². The quantitative estimate of drug-likeness (QED) is 0.725. The van der Waals surface area contributed by atoms with Crippen LogP contribution in [-0.4, -0.2) is 6.54 Å². The highest BCUT2D eigenvalue weighted by molar-refractivity contribution is 9.10.